The summed E-state index contributed by atoms with van der Waals surface area (Å²) in [7, 11) is 1.61. The van der Waals surface area contributed by atoms with E-state index in [1.807, 2.05) is 67.6 Å². The molecule has 1 saturated heterocycles. The summed E-state index contributed by atoms with van der Waals surface area (Å²) >= 11 is 6.77. The van der Waals surface area contributed by atoms with Crippen LogP contribution >= 0.6 is 24.0 Å². The first-order valence-electron chi connectivity index (χ1n) is 10.2. The number of hydrogen-bond acceptors (Lipinski definition) is 5. The number of carbonyl (C=O) groups excluding carboxylic acids is 1. The molecule has 0 unspecified atom stereocenters. The number of carbonyl (C=O) groups is 1. The molecule has 1 heterocycles. The van der Waals surface area contributed by atoms with E-state index in [9.17, 15) is 4.79 Å². The Morgan fingerprint density at radius 2 is 1.59 bits per heavy atom. The quantitative estimate of drug-likeness (QED) is 0.318. The lowest BCUT2D eigenvalue weighted by Gasteiger charge is -2.14. The van der Waals surface area contributed by atoms with Crippen molar-refractivity contribution in [2.45, 2.75) is 20.5 Å². The Kier molecular flexibility index (Phi) is 6.63. The van der Waals surface area contributed by atoms with Crippen molar-refractivity contribution in [1.29, 1.82) is 0 Å². The van der Waals surface area contributed by atoms with Crippen molar-refractivity contribution in [3.05, 3.63) is 93.9 Å². The first-order chi connectivity index (χ1) is 15.4. The normalized spacial score (nSPS) is 14.8. The molecule has 3 aromatic carbocycles. The summed E-state index contributed by atoms with van der Waals surface area (Å²) in [5.74, 6) is 1.14. The number of amides is 1. The highest BCUT2D eigenvalue weighted by Crippen LogP contribution is 2.37. The molecule has 3 aromatic rings. The van der Waals surface area contributed by atoms with Crippen LogP contribution in [0.4, 0.5) is 5.69 Å². The van der Waals surface area contributed by atoms with Crippen molar-refractivity contribution in [3.63, 3.8) is 0 Å². The molecule has 0 spiro atoms. The number of anilines is 1. The summed E-state index contributed by atoms with van der Waals surface area (Å²) in [6.45, 7) is 4.52. The Morgan fingerprint density at radius 3 is 2.25 bits per heavy atom. The van der Waals surface area contributed by atoms with Crippen molar-refractivity contribution >= 4 is 46.0 Å². The number of aryl methyl sites for hydroxylation is 2. The van der Waals surface area contributed by atoms with Crippen LogP contribution in [0.1, 0.15) is 22.3 Å². The maximum Gasteiger partial charge on any atom is 0.270 e. The molecule has 4 nitrogen and oxygen atoms in total. The summed E-state index contributed by atoms with van der Waals surface area (Å²) in [6, 6.07) is 21.6. The van der Waals surface area contributed by atoms with E-state index >= 15 is 0 Å². The minimum absolute atomic E-state index is 0.123. The lowest BCUT2D eigenvalue weighted by atomic mass is 10.1. The first-order valence-corrected chi connectivity index (χ1v) is 11.4. The van der Waals surface area contributed by atoms with Gasteiger partial charge in [0, 0.05) is 0 Å². The first kappa shape index (κ1) is 22.1. The number of thiocarbonyl (C=S) groups is 1. The Hall–Kier alpha value is -3.09. The predicted octanol–water partition coefficient (Wildman–Crippen LogP) is 6.30. The lowest BCUT2D eigenvalue weighted by Crippen LogP contribution is -2.27. The van der Waals surface area contributed by atoms with Gasteiger partial charge in [-0.25, -0.2) is 0 Å². The van der Waals surface area contributed by atoms with Gasteiger partial charge in [-0.3, -0.25) is 9.69 Å². The van der Waals surface area contributed by atoms with Gasteiger partial charge >= 0.3 is 0 Å². The molecule has 0 atom stereocenters. The Bertz CT molecular complexity index is 1180. The molecular weight excluding hydrogens is 438 g/mol. The average Bonchev–Trinajstić information content (AvgIpc) is 3.07. The standard InChI is InChI=1S/C26H23NO3S2/c1-17-4-8-19(9-5-17)16-30-22-13-10-20(14-23(22)29-3)15-24-25(28)27(26(31)32-24)21-11-6-18(2)7-12-21/h4-15H,16H2,1-3H3/b24-15-. The van der Waals surface area contributed by atoms with E-state index in [0.717, 1.165) is 22.4 Å². The van der Waals surface area contributed by atoms with Crippen molar-refractivity contribution in [2.24, 2.45) is 0 Å². The number of rotatable bonds is 6. The summed E-state index contributed by atoms with van der Waals surface area (Å²) in [5, 5.41) is 0. The highest BCUT2D eigenvalue weighted by atomic mass is 32.2. The Balaban J connectivity index is 1.52. The Morgan fingerprint density at radius 1 is 0.938 bits per heavy atom. The van der Waals surface area contributed by atoms with Gasteiger partial charge in [0.1, 0.15) is 6.61 Å². The average molecular weight is 462 g/mol. The van der Waals surface area contributed by atoms with Gasteiger partial charge in [0.2, 0.25) is 0 Å². The van der Waals surface area contributed by atoms with Gasteiger partial charge < -0.3 is 9.47 Å². The molecule has 1 aliphatic heterocycles. The van der Waals surface area contributed by atoms with E-state index in [4.69, 9.17) is 21.7 Å². The van der Waals surface area contributed by atoms with Crippen molar-refractivity contribution in [2.75, 3.05) is 12.0 Å². The minimum atomic E-state index is -0.123. The molecule has 4 rings (SSSR count). The van der Waals surface area contributed by atoms with Crippen LogP contribution in [0, 0.1) is 13.8 Å². The highest BCUT2D eigenvalue weighted by molar-refractivity contribution is 8.27. The number of thioether (sulfide) groups is 1. The van der Waals surface area contributed by atoms with Crippen LogP contribution in [0.25, 0.3) is 6.08 Å². The smallest absolute Gasteiger partial charge is 0.270 e. The molecule has 0 aliphatic carbocycles. The number of methoxy groups -OCH3 is 1. The molecular formula is C26H23NO3S2. The van der Waals surface area contributed by atoms with Gasteiger partial charge in [0.15, 0.2) is 15.8 Å². The van der Waals surface area contributed by atoms with Crippen LogP contribution in [0.15, 0.2) is 71.6 Å². The maximum absolute atomic E-state index is 13.0. The van der Waals surface area contributed by atoms with Gasteiger partial charge in [-0.15, -0.1) is 0 Å². The summed E-state index contributed by atoms with van der Waals surface area (Å²) in [6.07, 6.45) is 1.83. The van der Waals surface area contributed by atoms with E-state index in [2.05, 4.69) is 19.1 Å². The van der Waals surface area contributed by atoms with Gasteiger partial charge in [-0.2, -0.15) is 0 Å². The van der Waals surface area contributed by atoms with Gasteiger partial charge in [-0.1, -0.05) is 77.6 Å². The van der Waals surface area contributed by atoms with E-state index in [-0.39, 0.29) is 5.91 Å². The van der Waals surface area contributed by atoms with Crippen LogP contribution < -0.4 is 14.4 Å². The summed E-state index contributed by atoms with van der Waals surface area (Å²) in [5.41, 5.74) is 5.05. The fourth-order valence-electron chi connectivity index (χ4n) is 3.27. The van der Waals surface area contributed by atoms with E-state index in [0.29, 0.717) is 27.3 Å². The number of ether oxygens (including phenoxy) is 2. The number of benzene rings is 3. The zero-order valence-corrected chi connectivity index (χ0v) is 19.8. The molecule has 0 N–H and O–H groups in total. The van der Waals surface area contributed by atoms with Crippen molar-refractivity contribution in [3.8, 4) is 11.5 Å². The van der Waals surface area contributed by atoms with E-state index < -0.39 is 0 Å². The topological polar surface area (TPSA) is 38.8 Å². The van der Waals surface area contributed by atoms with Crippen LogP contribution in [0.3, 0.4) is 0 Å². The molecule has 162 valence electrons. The molecule has 6 heteroatoms. The van der Waals surface area contributed by atoms with Crippen LogP contribution in [-0.4, -0.2) is 17.3 Å². The molecule has 0 saturated carbocycles. The van der Waals surface area contributed by atoms with E-state index in [1.54, 1.807) is 12.0 Å². The maximum atomic E-state index is 13.0. The molecule has 1 fully saturated rings. The van der Waals surface area contributed by atoms with Crippen LogP contribution in [-0.2, 0) is 11.4 Å². The fraction of sp³-hybridized carbons (Fsp3) is 0.154. The third kappa shape index (κ3) is 4.87. The minimum Gasteiger partial charge on any atom is -0.493 e. The molecule has 32 heavy (non-hydrogen) atoms. The predicted molar refractivity (Wildman–Crippen MR) is 135 cm³/mol. The van der Waals surface area contributed by atoms with Crippen molar-refractivity contribution < 1.29 is 14.3 Å². The molecule has 0 radical (unpaired) electrons. The second kappa shape index (κ2) is 9.59. The Labute approximate surface area is 197 Å². The SMILES string of the molecule is COc1cc(/C=C2\SC(=S)N(c3ccc(C)cc3)C2=O)ccc1OCc1ccc(C)cc1. The van der Waals surface area contributed by atoms with Gasteiger partial charge in [0.05, 0.1) is 17.7 Å². The van der Waals surface area contributed by atoms with Crippen LogP contribution in [0.2, 0.25) is 0 Å². The molecule has 1 amide bonds. The second-order valence-corrected chi connectivity index (χ2v) is 9.21. The monoisotopic (exact) mass is 461 g/mol. The number of hydrogen-bond donors (Lipinski definition) is 0. The lowest BCUT2D eigenvalue weighted by molar-refractivity contribution is -0.113. The third-order valence-electron chi connectivity index (χ3n) is 5.09. The summed E-state index contributed by atoms with van der Waals surface area (Å²) < 4.78 is 12.0. The zero-order chi connectivity index (χ0) is 22.7. The molecule has 1 aliphatic rings. The largest absolute Gasteiger partial charge is 0.493 e. The number of nitrogens with zero attached hydrogens (tertiary/aromatic N) is 1. The van der Waals surface area contributed by atoms with Gasteiger partial charge in [-0.05, 0) is 55.3 Å². The fourth-order valence-corrected chi connectivity index (χ4v) is 4.57. The highest BCUT2D eigenvalue weighted by Gasteiger charge is 2.33. The van der Waals surface area contributed by atoms with Gasteiger partial charge in [0.25, 0.3) is 5.91 Å². The van der Waals surface area contributed by atoms with E-state index in [1.165, 1.54) is 17.3 Å². The van der Waals surface area contributed by atoms with Crippen LogP contribution in [0.5, 0.6) is 11.5 Å². The zero-order valence-electron chi connectivity index (χ0n) is 18.1. The van der Waals surface area contributed by atoms with Crippen molar-refractivity contribution in [1.82, 2.24) is 0 Å². The second-order valence-electron chi connectivity index (χ2n) is 7.54. The third-order valence-corrected chi connectivity index (χ3v) is 6.39. The molecule has 0 aromatic heterocycles. The molecule has 0 bridgehead atoms. The summed E-state index contributed by atoms with van der Waals surface area (Å²) in [4.78, 5) is 15.1.